The Hall–Kier alpha value is -3.37. The minimum atomic E-state index is -4.77. The number of carbonyl (C=O) groups excluding carboxylic acids is 1. The second-order valence-corrected chi connectivity index (χ2v) is 6.48. The first-order valence-corrected chi connectivity index (χ1v) is 8.59. The molecule has 0 aliphatic carbocycles. The van der Waals surface area contributed by atoms with Crippen LogP contribution in [0.5, 0.6) is 5.75 Å². The summed E-state index contributed by atoms with van der Waals surface area (Å²) in [4.78, 5) is 24.9. The molecule has 2 aromatic heterocycles. The molecule has 0 bridgehead atoms. The van der Waals surface area contributed by atoms with Crippen LogP contribution < -0.4 is 15.6 Å². The predicted octanol–water partition coefficient (Wildman–Crippen LogP) is 2.21. The fraction of sp³-hybridized carbons (Fsp3) is 0.333. The Morgan fingerprint density at radius 2 is 1.93 bits per heavy atom. The number of benzene rings is 1. The minimum Gasteiger partial charge on any atom is -0.406 e. The van der Waals surface area contributed by atoms with Crippen LogP contribution in [-0.4, -0.2) is 31.8 Å². The van der Waals surface area contributed by atoms with Crippen LogP contribution in [0.15, 0.2) is 35.3 Å². The molecule has 154 valence electrons. The Balaban J connectivity index is 1.69. The molecule has 2 heterocycles. The SMILES string of the molecule is Cc1nn(C)c2cnn(CC(=O)N[C@@H](C)c3ccc(OC(F)(F)F)cc3)c(=O)c12. The van der Waals surface area contributed by atoms with Gasteiger partial charge in [0.05, 0.1) is 28.8 Å². The number of aryl methyl sites for hydroxylation is 2. The number of nitrogens with zero attached hydrogens (tertiary/aromatic N) is 4. The Morgan fingerprint density at radius 1 is 1.28 bits per heavy atom. The van der Waals surface area contributed by atoms with Gasteiger partial charge in [0.2, 0.25) is 5.91 Å². The molecule has 3 rings (SSSR count). The van der Waals surface area contributed by atoms with Crippen molar-refractivity contribution in [3.05, 3.63) is 52.1 Å². The van der Waals surface area contributed by atoms with Crippen molar-refractivity contribution < 1.29 is 22.7 Å². The first kappa shape index (κ1) is 20.4. The average Bonchev–Trinajstić information content (AvgIpc) is 2.91. The van der Waals surface area contributed by atoms with E-state index in [9.17, 15) is 22.8 Å². The number of fused-ring (bicyclic) bond motifs is 1. The summed E-state index contributed by atoms with van der Waals surface area (Å²) >= 11 is 0. The highest BCUT2D eigenvalue weighted by Crippen LogP contribution is 2.24. The number of amides is 1. The second-order valence-electron chi connectivity index (χ2n) is 6.48. The molecule has 8 nitrogen and oxygen atoms in total. The highest BCUT2D eigenvalue weighted by molar-refractivity contribution is 5.80. The quantitative estimate of drug-likeness (QED) is 0.698. The molecule has 1 aromatic carbocycles. The number of halogens is 3. The maximum atomic E-state index is 12.6. The summed E-state index contributed by atoms with van der Waals surface area (Å²) in [5.74, 6) is -0.820. The monoisotopic (exact) mass is 409 g/mol. The lowest BCUT2D eigenvalue weighted by atomic mass is 10.1. The van der Waals surface area contributed by atoms with Crippen LogP contribution in [0.25, 0.3) is 10.9 Å². The summed E-state index contributed by atoms with van der Waals surface area (Å²) in [6.45, 7) is 3.06. The molecule has 1 amide bonds. The topological polar surface area (TPSA) is 91.0 Å². The number of aromatic nitrogens is 4. The van der Waals surface area contributed by atoms with E-state index in [0.717, 1.165) is 16.8 Å². The van der Waals surface area contributed by atoms with E-state index in [0.29, 0.717) is 22.2 Å². The van der Waals surface area contributed by atoms with Gasteiger partial charge in [-0.3, -0.25) is 14.3 Å². The summed E-state index contributed by atoms with van der Waals surface area (Å²) < 4.78 is 43.0. The van der Waals surface area contributed by atoms with Crippen LogP contribution in [-0.2, 0) is 18.4 Å². The minimum absolute atomic E-state index is 0.303. The lowest BCUT2D eigenvalue weighted by Gasteiger charge is -2.15. The number of rotatable bonds is 5. The van der Waals surface area contributed by atoms with Crippen LogP contribution in [0.2, 0.25) is 0 Å². The van der Waals surface area contributed by atoms with E-state index in [2.05, 4.69) is 20.3 Å². The summed E-state index contributed by atoms with van der Waals surface area (Å²) in [5, 5.41) is 11.3. The first-order valence-electron chi connectivity index (χ1n) is 8.59. The molecule has 0 saturated carbocycles. The van der Waals surface area contributed by atoms with Crippen LogP contribution in [0.3, 0.4) is 0 Å². The number of carbonyl (C=O) groups is 1. The molecule has 11 heteroatoms. The number of hydrogen-bond donors (Lipinski definition) is 1. The van der Waals surface area contributed by atoms with Gasteiger partial charge < -0.3 is 10.1 Å². The zero-order valence-corrected chi connectivity index (χ0v) is 15.8. The van der Waals surface area contributed by atoms with E-state index >= 15 is 0 Å². The van der Waals surface area contributed by atoms with E-state index < -0.39 is 23.9 Å². The lowest BCUT2D eigenvalue weighted by molar-refractivity contribution is -0.274. The lowest BCUT2D eigenvalue weighted by Crippen LogP contribution is -2.35. The van der Waals surface area contributed by atoms with Crippen LogP contribution >= 0.6 is 0 Å². The smallest absolute Gasteiger partial charge is 0.406 e. The number of nitrogens with one attached hydrogen (secondary N) is 1. The standard InChI is InChI=1S/C18H18F3N5O3/c1-10(12-4-6-13(7-5-12)29-18(19,20)21)23-15(27)9-26-17(28)16-11(2)24-25(3)14(16)8-22-26/h4-8,10H,9H2,1-3H3,(H,23,27)/t10-/m0/s1. The zero-order valence-electron chi connectivity index (χ0n) is 15.8. The van der Waals surface area contributed by atoms with Crippen molar-refractivity contribution in [2.24, 2.45) is 7.05 Å². The van der Waals surface area contributed by atoms with Gasteiger partial charge in [-0.15, -0.1) is 13.2 Å². The van der Waals surface area contributed by atoms with Crippen LogP contribution in [0, 0.1) is 6.92 Å². The summed E-state index contributed by atoms with van der Waals surface area (Å²) in [7, 11) is 1.69. The van der Waals surface area contributed by atoms with Gasteiger partial charge in [0.15, 0.2) is 0 Å². The Morgan fingerprint density at radius 3 is 2.55 bits per heavy atom. The van der Waals surface area contributed by atoms with Gasteiger partial charge in [-0.1, -0.05) is 12.1 Å². The van der Waals surface area contributed by atoms with Gasteiger partial charge in [-0.05, 0) is 31.5 Å². The molecule has 1 atom stereocenters. The van der Waals surface area contributed by atoms with E-state index in [1.807, 2.05) is 0 Å². The van der Waals surface area contributed by atoms with Gasteiger partial charge in [0, 0.05) is 7.05 Å². The molecular formula is C18H18F3N5O3. The Bertz CT molecular complexity index is 1100. The van der Waals surface area contributed by atoms with Crippen molar-refractivity contribution in [3.8, 4) is 5.75 Å². The maximum absolute atomic E-state index is 12.6. The zero-order chi connectivity index (χ0) is 21.3. The van der Waals surface area contributed by atoms with Gasteiger partial charge in [-0.25, -0.2) is 4.68 Å². The molecule has 0 aliphatic rings. The summed E-state index contributed by atoms with van der Waals surface area (Å²) in [6.07, 6.45) is -3.30. The number of ether oxygens (including phenoxy) is 1. The third kappa shape index (κ3) is 4.55. The van der Waals surface area contributed by atoms with E-state index in [4.69, 9.17) is 0 Å². The highest BCUT2D eigenvalue weighted by atomic mass is 19.4. The largest absolute Gasteiger partial charge is 0.573 e. The predicted molar refractivity (Wildman–Crippen MR) is 97.2 cm³/mol. The molecule has 0 spiro atoms. The summed E-state index contributed by atoms with van der Waals surface area (Å²) in [6, 6.07) is 4.66. The van der Waals surface area contributed by atoms with Crippen molar-refractivity contribution >= 4 is 16.8 Å². The fourth-order valence-corrected chi connectivity index (χ4v) is 2.97. The molecule has 0 saturated heterocycles. The molecule has 0 radical (unpaired) electrons. The van der Waals surface area contributed by atoms with Crippen LogP contribution in [0.4, 0.5) is 13.2 Å². The van der Waals surface area contributed by atoms with Crippen molar-refractivity contribution in [2.45, 2.75) is 32.8 Å². The Labute approximate surface area is 162 Å². The third-order valence-electron chi connectivity index (χ3n) is 4.32. The molecule has 3 aromatic rings. The Kier molecular flexibility index (Phi) is 5.31. The van der Waals surface area contributed by atoms with E-state index in [1.165, 1.54) is 23.0 Å². The molecule has 0 aliphatic heterocycles. The molecule has 0 fully saturated rings. The van der Waals surface area contributed by atoms with Crippen molar-refractivity contribution in [3.63, 3.8) is 0 Å². The molecule has 1 N–H and O–H groups in total. The second kappa shape index (κ2) is 7.57. The van der Waals surface area contributed by atoms with Gasteiger partial charge in [0.1, 0.15) is 12.3 Å². The first-order chi connectivity index (χ1) is 13.5. The third-order valence-corrected chi connectivity index (χ3v) is 4.32. The summed E-state index contributed by atoms with van der Waals surface area (Å²) in [5.41, 5.74) is 1.26. The number of alkyl halides is 3. The molecule has 0 unspecified atom stereocenters. The average molecular weight is 409 g/mol. The normalized spacial score (nSPS) is 12.8. The van der Waals surface area contributed by atoms with Crippen molar-refractivity contribution in [1.29, 1.82) is 0 Å². The van der Waals surface area contributed by atoms with Crippen molar-refractivity contribution in [1.82, 2.24) is 24.9 Å². The van der Waals surface area contributed by atoms with E-state index in [-0.39, 0.29) is 12.3 Å². The number of hydrogen-bond acceptors (Lipinski definition) is 5. The van der Waals surface area contributed by atoms with Gasteiger partial charge in [0.25, 0.3) is 5.56 Å². The fourth-order valence-electron chi connectivity index (χ4n) is 2.97. The van der Waals surface area contributed by atoms with E-state index in [1.54, 1.807) is 20.9 Å². The maximum Gasteiger partial charge on any atom is 0.573 e. The molecular weight excluding hydrogens is 391 g/mol. The van der Waals surface area contributed by atoms with Gasteiger partial charge >= 0.3 is 6.36 Å². The van der Waals surface area contributed by atoms with Crippen LogP contribution in [0.1, 0.15) is 24.2 Å². The van der Waals surface area contributed by atoms with Crippen molar-refractivity contribution in [2.75, 3.05) is 0 Å². The molecule has 29 heavy (non-hydrogen) atoms. The van der Waals surface area contributed by atoms with Gasteiger partial charge in [-0.2, -0.15) is 10.2 Å². The highest BCUT2D eigenvalue weighted by Gasteiger charge is 2.31.